The molecule has 176 valence electrons. The van der Waals surface area contributed by atoms with E-state index in [0.717, 1.165) is 22.3 Å². The minimum Gasteiger partial charge on any atom is -0.479 e. The molecule has 2 unspecified atom stereocenters. The van der Waals surface area contributed by atoms with Crippen LogP contribution in [-0.2, 0) is 19.1 Å². The molecule has 2 aromatic rings. The molecular weight excluding hydrogens is 424 g/mol. The van der Waals surface area contributed by atoms with Crippen LogP contribution in [0.5, 0.6) is 0 Å². The molecule has 2 atom stereocenters. The van der Waals surface area contributed by atoms with E-state index in [1.54, 1.807) is 0 Å². The molecule has 0 aliphatic heterocycles. The first-order chi connectivity index (χ1) is 15.8. The molecule has 0 saturated heterocycles. The molecule has 33 heavy (non-hydrogen) atoms. The van der Waals surface area contributed by atoms with Crippen LogP contribution in [0.25, 0.3) is 11.1 Å². The van der Waals surface area contributed by atoms with Crippen LogP contribution in [0.1, 0.15) is 43.7 Å². The van der Waals surface area contributed by atoms with Crippen LogP contribution >= 0.6 is 0 Å². The summed E-state index contributed by atoms with van der Waals surface area (Å²) in [5.41, 5.74) is 2.81. The number of hydrogen-bond acceptors (Lipinski definition) is 5. The molecule has 8 nitrogen and oxygen atoms in total. The number of amides is 2. The van der Waals surface area contributed by atoms with Crippen molar-refractivity contribution >= 4 is 18.0 Å². The van der Waals surface area contributed by atoms with Gasteiger partial charge >= 0.3 is 12.1 Å². The molecule has 0 radical (unpaired) electrons. The third kappa shape index (κ3) is 5.34. The van der Waals surface area contributed by atoms with E-state index in [0.29, 0.717) is 12.8 Å². The van der Waals surface area contributed by atoms with Gasteiger partial charge in [0.25, 0.3) is 0 Å². The van der Waals surface area contributed by atoms with Crippen molar-refractivity contribution in [3.05, 3.63) is 59.7 Å². The van der Waals surface area contributed by atoms with Crippen molar-refractivity contribution in [2.24, 2.45) is 0 Å². The van der Waals surface area contributed by atoms with E-state index in [-0.39, 0.29) is 19.1 Å². The number of carboxylic acid groups (broad SMARTS) is 1. The summed E-state index contributed by atoms with van der Waals surface area (Å²) in [5.74, 6) is -1.93. The Bertz CT molecular complexity index is 978. The van der Waals surface area contributed by atoms with Crippen molar-refractivity contribution in [1.29, 1.82) is 0 Å². The van der Waals surface area contributed by atoms with Crippen molar-refractivity contribution in [2.75, 3.05) is 20.3 Å². The number of methoxy groups -OCH3 is 1. The molecule has 0 bridgehead atoms. The molecule has 3 rings (SSSR count). The third-order valence-corrected chi connectivity index (χ3v) is 5.83. The number of rotatable bonds is 10. The van der Waals surface area contributed by atoms with Crippen molar-refractivity contribution in [1.82, 2.24) is 10.6 Å². The minimum atomic E-state index is -1.61. The molecule has 8 heteroatoms. The Balaban J connectivity index is 1.66. The van der Waals surface area contributed by atoms with E-state index >= 15 is 0 Å². The van der Waals surface area contributed by atoms with Gasteiger partial charge in [-0.05, 0) is 35.6 Å². The lowest BCUT2D eigenvalue weighted by Gasteiger charge is -2.28. The van der Waals surface area contributed by atoms with Crippen molar-refractivity contribution in [3.8, 4) is 11.1 Å². The lowest BCUT2D eigenvalue weighted by Crippen LogP contribution is -2.60. The second-order valence-electron chi connectivity index (χ2n) is 8.37. The molecule has 1 aliphatic carbocycles. The van der Waals surface area contributed by atoms with Gasteiger partial charge in [-0.15, -0.1) is 0 Å². The summed E-state index contributed by atoms with van der Waals surface area (Å²) in [6.07, 6.45) is 0.211. The third-order valence-electron chi connectivity index (χ3n) is 5.83. The summed E-state index contributed by atoms with van der Waals surface area (Å²) in [6.45, 7) is 3.13. The van der Waals surface area contributed by atoms with Gasteiger partial charge in [-0.1, -0.05) is 61.9 Å². The first-order valence-electron chi connectivity index (χ1n) is 11.0. The van der Waals surface area contributed by atoms with Crippen LogP contribution < -0.4 is 10.6 Å². The number of alkyl carbamates (subject to hydrolysis) is 1. The zero-order valence-corrected chi connectivity index (χ0v) is 19.1. The summed E-state index contributed by atoms with van der Waals surface area (Å²) >= 11 is 0. The number of carbonyl (C=O) groups is 3. The molecule has 0 heterocycles. The second-order valence-corrected chi connectivity index (χ2v) is 8.37. The van der Waals surface area contributed by atoms with Crippen LogP contribution in [0.3, 0.4) is 0 Å². The van der Waals surface area contributed by atoms with Crippen molar-refractivity contribution in [2.45, 2.75) is 44.2 Å². The summed E-state index contributed by atoms with van der Waals surface area (Å²) in [7, 11) is 1.35. The maximum Gasteiger partial charge on any atom is 0.407 e. The maximum atomic E-state index is 12.8. The van der Waals surface area contributed by atoms with E-state index in [4.69, 9.17) is 9.47 Å². The first-order valence-corrected chi connectivity index (χ1v) is 11.0. The number of fused-ring (bicyclic) bond motifs is 3. The predicted molar refractivity (Wildman–Crippen MR) is 123 cm³/mol. The first kappa shape index (κ1) is 24.3. The van der Waals surface area contributed by atoms with Crippen LogP contribution in [-0.4, -0.2) is 55.0 Å². The van der Waals surface area contributed by atoms with E-state index in [2.05, 4.69) is 22.8 Å². The van der Waals surface area contributed by atoms with Gasteiger partial charge in [0.1, 0.15) is 12.6 Å². The topological polar surface area (TPSA) is 114 Å². The zero-order valence-electron chi connectivity index (χ0n) is 19.1. The van der Waals surface area contributed by atoms with Gasteiger partial charge in [0, 0.05) is 13.0 Å². The van der Waals surface area contributed by atoms with Gasteiger partial charge in [0.2, 0.25) is 5.91 Å². The monoisotopic (exact) mass is 454 g/mol. The predicted octanol–water partition coefficient (Wildman–Crippen LogP) is 3.30. The molecule has 0 spiro atoms. The molecule has 0 aromatic heterocycles. The highest BCUT2D eigenvalue weighted by Crippen LogP contribution is 2.44. The number of carbonyl (C=O) groups excluding carboxylic acids is 2. The number of nitrogens with one attached hydrogen (secondary N) is 2. The highest BCUT2D eigenvalue weighted by molar-refractivity contribution is 5.91. The zero-order chi connectivity index (χ0) is 24.0. The molecule has 2 aromatic carbocycles. The fourth-order valence-electron chi connectivity index (χ4n) is 4.14. The quantitative estimate of drug-likeness (QED) is 0.508. The fourth-order valence-corrected chi connectivity index (χ4v) is 4.14. The van der Waals surface area contributed by atoms with Gasteiger partial charge < -0.3 is 25.2 Å². The molecule has 2 amide bonds. The normalized spacial score (nSPS) is 15.0. The Labute approximate surface area is 193 Å². The van der Waals surface area contributed by atoms with Crippen molar-refractivity contribution in [3.63, 3.8) is 0 Å². The Kier molecular flexibility index (Phi) is 7.71. The molecule has 0 saturated carbocycles. The van der Waals surface area contributed by atoms with Gasteiger partial charge in [-0.3, -0.25) is 4.79 Å². The fraction of sp³-hybridized carbons (Fsp3) is 0.400. The van der Waals surface area contributed by atoms with Crippen LogP contribution in [0.4, 0.5) is 4.79 Å². The smallest absolute Gasteiger partial charge is 0.407 e. The van der Waals surface area contributed by atoms with Crippen LogP contribution in [0.2, 0.25) is 0 Å². The van der Waals surface area contributed by atoms with Gasteiger partial charge in [-0.25, -0.2) is 9.59 Å². The highest BCUT2D eigenvalue weighted by atomic mass is 16.5. The molecule has 0 fully saturated rings. The molecule has 3 N–H and O–H groups in total. The largest absolute Gasteiger partial charge is 0.479 e. The SMILES string of the molecule is CCCC(NC(=O)OCC1c2ccccc2-c2ccccc21)C(=O)NC(C)(COC)C(=O)O. The second kappa shape index (κ2) is 10.5. The van der Waals surface area contributed by atoms with Crippen LogP contribution in [0.15, 0.2) is 48.5 Å². The summed E-state index contributed by atoms with van der Waals surface area (Å²) in [4.78, 5) is 36.9. The lowest BCUT2D eigenvalue weighted by molar-refractivity contribution is -0.149. The average Bonchev–Trinajstić information content (AvgIpc) is 3.11. The minimum absolute atomic E-state index is 0.0985. The van der Waals surface area contributed by atoms with Crippen molar-refractivity contribution < 1.29 is 29.0 Å². The number of hydrogen-bond donors (Lipinski definition) is 3. The Morgan fingerprint density at radius 1 is 1.06 bits per heavy atom. The summed E-state index contributed by atoms with van der Waals surface area (Å²) in [5, 5.41) is 14.5. The van der Waals surface area contributed by atoms with E-state index in [9.17, 15) is 19.5 Å². The Morgan fingerprint density at radius 2 is 1.64 bits per heavy atom. The Hall–Kier alpha value is -3.39. The number of carboxylic acids is 1. The average molecular weight is 455 g/mol. The van der Waals surface area contributed by atoms with E-state index < -0.39 is 29.6 Å². The number of ether oxygens (including phenoxy) is 2. The van der Waals surface area contributed by atoms with Gasteiger partial charge in [0.05, 0.1) is 6.61 Å². The Morgan fingerprint density at radius 3 is 2.15 bits per heavy atom. The van der Waals surface area contributed by atoms with E-state index in [1.807, 2.05) is 43.3 Å². The van der Waals surface area contributed by atoms with Gasteiger partial charge in [0.15, 0.2) is 5.54 Å². The number of aliphatic carboxylic acids is 1. The molecule has 1 aliphatic rings. The molecular formula is C25H30N2O6. The maximum absolute atomic E-state index is 12.8. The standard InChI is InChI=1S/C25H30N2O6/c1-4-9-21(22(28)27-25(2,15-32-3)23(29)30)26-24(31)33-14-20-18-12-7-5-10-16(18)17-11-6-8-13-19(17)20/h5-8,10-13,20-21H,4,9,14-15H2,1-3H3,(H,26,31)(H,27,28)(H,29,30). The van der Waals surface area contributed by atoms with Gasteiger partial charge in [-0.2, -0.15) is 0 Å². The van der Waals surface area contributed by atoms with E-state index in [1.165, 1.54) is 14.0 Å². The highest BCUT2D eigenvalue weighted by Gasteiger charge is 2.37. The number of benzene rings is 2. The lowest BCUT2D eigenvalue weighted by atomic mass is 9.98. The summed E-state index contributed by atoms with van der Waals surface area (Å²) < 4.78 is 10.5. The summed E-state index contributed by atoms with van der Waals surface area (Å²) in [6, 6.07) is 15.1. The van der Waals surface area contributed by atoms with Crippen LogP contribution in [0, 0.1) is 0 Å².